The molecule has 0 aromatic carbocycles. The van der Waals surface area contributed by atoms with Gasteiger partial charge in [-0.2, -0.15) is 0 Å². The second-order valence-electron chi connectivity index (χ2n) is 5.18. The molecule has 0 radical (unpaired) electrons. The maximum Gasteiger partial charge on any atom is 0.407 e. The number of nitrogens with one attached hydrogen (secondary N) is 2. The lowest BCUT2D eigenvalue weighted by Crippen LogP contribution is -2.39. The van der Waals surface area contributed by atoms with Crippen LogP contribution in [0.15, 0.2) is 0 Å². The monoisotopic (exact) mass is 272 g/mol. The molecule has 3 unspecified atom stereocenters. The van der Waals surface area contributed by atoms with E-state index in [4.69, 9.17) is 9.47 Å². The molecule has 1 fully saturated rings. The topological polar surface area (TPSA) is 76.7 Å². The van der Waals surface area contributed by atoms with E-state index in [0.717, 1.165) is 19.3 Å². The quantitative estimate of drug-likeness (QED) is 0.821. The zero-order valence-electron chi connectivity index (χ0n) is 11.9. The van der Waals surface area contributed by atoms with Crippen LogP contribution in [-0.2, 0) is 9.47 Å². The summed E-state index contributed by atoms with van der Waals surface area (Å²) < 4.78 is 9.93. The van der Waals surface area contributed by atoms with E-state index in [9.17, 15) is 9.59 Å². The lowest BCUT2D eigenvalue weighted by molar-refractivity contribution is 0.0522. The zero-order valence-corrected chi connectivity index (χ0v) is 11.9. The van der Waals surface area contributed by atoms with E-state index in [0.29, 0.717) is 5.92 Å². The van der Waals surface area contributed by atoms with Gasteiger partial charge in [-0.1, -0.05) is 19.8 Å². The Kier molecular flexibility index (Phi) is 6.45. The van der Waals surface area contributed by atoms with Gasteiger partial charge >= 0.3 is 12.2 Å². The molecule has 0 aromatic rings. The third kappa shape index (κ3) is 6.31. The highest BCUT2D eigenvalue weighted by Crippen LogP contribution is 2.23. The highest BCUT2D eigenvalue weighted by molar-refractivity contribution is 5.68. The molecule has 0 spiro atoms. The maximum atomic E-state index is 11.6. The van der Waals surface area contributed by atoms with Crippen LogP contribution < -0.4 is 10.6 Å². The van der Waals surface area contributed by atoms with Gasteiger partial charge in [0.25, 0.3) is 0 Å². The molecular weight excluding hydrogens is 248 g/mol. The molecule has 6 nitrogen and oxygen atoms in total. The molecule has 19 heavy (non-hydrogen) atoms. The van der Waals surface area contributed by atoms with Crippen LogP contribution in [0, 0.1) is 5.92 Å². The van der Waals surface area contributed by atoms with E-state index in [1.807, 2.05) is 0 Å². The standard InChI is InChI=1S/C13H24N2O4/c1-9-5-4-6-11(7-9)15-13(17)18-8-10(2)19-12(16)14-3/h9-11H,4-8H2,1-3H3,(H,14,16)(H,15,17). The Labute approximate surface area is 114 Å². The van der Waals surface area contributed by atoms with Gasteiger partial charge in [0.05, 0.1) is 0 Å². The molecule has 6 heteroatoms. The van der Waals surface area contributed by atoms with Crippen LogP contribution in [0.25, 0.3) is 0 Å². The van der Waals surface area contributed by atoms with Gasteiger partial charge in [-0.15, -0.1) is 0 Å². The molecule has 1 aliphatic rings. The fourth-order valence-corrected chi connectivity index (χ4v) is 2.24. The van der Waals surface area contributed by atoms with Gasteiger partial charge in [0.1, 0.15) is 12.7 Å². The molecule has 0 aromatic heterocycles. The maximum absolute atomic E-state index is 11.6. The summed E-state index contributed by atoms with van der Waals surface area (Å²) in [6.45, 7) is 3.92. The molecule has 2 amide bonds. The van der Waals surface area contributed by atoms with Gasteiger partial charge in [0, 0.05) is 13.1 Å². The summed E-state index contributed by atoms with van der Waals surface area (Å²) >= 11 is 0. The fourth-order valence-electron chi connectivity index (χ4n) is 2.24. The van der Waals surface area contributed by atoms with E-state index in [-0.39, 0.29) is 12.6 Å². The first-order valence-electron chi connectivity index (χ1n) is 6.83. The van der Waals surface area contributed by atoms with Gasteiger partial charge in [-0.25, -0.2) is 9.59 Å². The molecule has 0 bridgehead atoms. The normalized spacial score (nSPS) is 24.2. The van der Waals surface area contributed by atoms with Crippen molar-refractivity contribution in [3.8, 4) is 0 Å². The van der Waals surface area contributed by atoms with Crippen LogP contribution in [0.5, 0.6) is 0 Å². The van der Waals surface area contributed by atoms with Crippen LogP contribution >= 0.6 is 0 Å². The summed E-state index contributed by atoms with van der Waals surface area (Å²) in [4.78, 5) is 22.5. The average Bonchev–Trinajstić information content (AvgIpc) is 2.36. The molecule has 1 aliphatic carbocycles. The van der Waals surface area contributed by atoms with Crippen molar-refractivity contribution in [2.24, 2.45) is 5.92 Å². The predicted octanol–water partition coefficient (Wildman–Crippen LogP) is 2.04. The first-order chi connectivity index (χ1) is 9.01. The van der Waals surface area contributed by atoms with Gasteiger partial charge in [-0.05, 0) is 25.7 Å². The third-order valence-electron chi connectivity index (χ3n) is 3.22. The number of ether oxygens (including phenoxy) is 2. The molecule has 0 aliphatic heterocycles. The van der Waals surface area contributed by atoms with Gasteiger partial charge in [-0.3, -0.25) is 0 Å². The van der Waals surface area contributed by atoms with Crippen molar-refractivity contribution in [1.29, 1.82) is 0 Å². The fraction of sp³-hybridized carbons (Fsp3) is 0.846. The highest BCUT2D eigenvalue weighted by atomic mass is 16.6. The van der Waals surface area contributed by atoms with Crippen molar-refractivity contribution in [2.45, 2.75) is 51.7 Å². The molecule has 0 heterocycles. The molecular formula is C13H24N2O4. The van der Waals surface area contributed by atoms with Crippen molar-refractivity contribution in [3.63, 3.8) is 0 Å². The summed E-state index contributed by atoms with van der Waals surface area (Å²) in [6, 6.07) is 0.200. The summed E-state index contributed by atoms with van der Waals surface area (Å²) in [5.41, 5.74) is 0. The largest absolute Gasteiger partial charge is 0.446 e. The van der Waals surface area contributed by atoms with E-state index >= 15 is 0 Å². The Morgan fingerprint density at radius 1 is 1.32 bits per heavy atom. The van der Waals surface area contributed by atoms with Crippen LogP contribution in [0.4, 0.5) is 9.59 Å². The number of hydrogen-bond donors (Lipinski definition) is 2. The first kappa shape index (κ1) is 15.6. The summed E-state index contributed by atoms with van der Waals surface area (Å²) in [7, 11) is 1.48. The number of hydrogen-bond acceptors (Lipinski definition) is 4. The van der Waals surface area contributed by atoms with Crippen molar-refractivity contribution in [1.82, 2.24) is 10.6 Å². The minimum absolute atomic E-state index is 0.0571. The van der Waals surface area contributed by atoms with E-state index < -0.39 is 18.3 Å². The van der Waals surface area contributed by atoms with Crippen LogP contribution in [-0.4, -0.2) is 38.0 Å². The van der Waals surface area contributed by atoms with Gasteiger partial charge in [0.15, 0.2) is 0 Å². The number of carbonyl (C=O) groups excluding carboxylic acids is 2. The Morgan fingerprint density at radius 3 is 2.68 bits per heavy atom. The number of alkyl carbamates (subject to hydrolysis) is 2. The molecule has 1 saturated carbocycles. The highest BCUT2D eigenvalue weighted by Gasteiger charge is 2.21. The molecule has 3 atom stereocenters. The third-order valence-corrected chi connectivity index (χ3v) is 3.22. The van der Waals surface area contributed by atoms with E-state index in [2.05, 4.69) is 17.6 Å². The lowest BCUT2D eigenvalue weighted by Gasteiger charge is -2.27. The predicted molar refractivity (Wildman–Crippen MR) is 70.9 cm³/mol. The van der Waals surface area contributed by atoms with Crippen LogP contribution in [0.1, 0.15) is 39.5 Å². The SMILES string of the molecule is CNC(=O)OC(C)COC(=O)NC1CCCC(C)C1. The second-order valence-corrected chi connectivity index (χ2v) is 5.18. The summed E-state index contributed by atoms with van der Waals surface area (Å²) in [5, 5.41) is 5.19. The molecule has 0 saturated heterocycles. The number of carbonyl (C=O) groups is 2. The van der Waals surface area contributed by atoms with Gasteiger partial charge in [0.2, 0.25) is 0 Å². The smallest absolute Gasteiger partial charge is 0.407 e. The van der Waals surface area contributed by atoms with E-state index in [1.165, 1.54) is 13.5 Å². The molecule has 110 valence electrons. The van der Waals surface area contributed by atoms with Crippen LogP contribution in [0.2, 0.25) is 0 Å². The summed E-state index contributed by atoms with van der Waals surface area (Å²) in [6.07, 6.45) is 2.94. The Bertz CT molecular complexity index is 309. The minimum atomic E-state index is -0.530. The van der Waals surface area contributed by atoms with Crippen molar-refractivity contribution in [2.75, 3.05) is 13.7 Å². The second kappa shape index (κ2) is 7.86. The van der Waals surface area contributed by atoms with Crippen molar-refractivity contribution >= 4 is 12.2 Å². The molecule has 2 N–H and O–H groups in total. The van der Waals surface area contributed by atoms with Crippen molar-refractivity contribution < 1.29 is 19.1 Å². The average molecular weight is 272 g/mol. The number of amides is 2. The Morgan fingerprint density at radius 2 is 2.05 bits per heavy atom. The molecule has 1 rings (SSSR count). The summed E-state index contributed by atoms with van der Waals surface area (Å²) in [5.74, 6) is 0.648. The van der Waals surface area contributed by atoms with Crippen LogP contribution in [0.3, 0.4) is 0 Å². The Balaban J connectivity index is 2.18. The number of rotatable bonds is 4. The van der Waals surface area contributed by atoms with E-state index in [1.54, 1.807) is 6.92 Å². The van der Waals surface area contributed by atoms with Crippen molar-refractivity contribution in [3.05, 3.63) is 0 Å². The lowest BCUT2D eigenvalue weighted by atomic mass is 9.87. The minimum Gasteiger partial charge on any atom is -0.446 e. The first-order valence-corrected chi connectivity index (χ1v) is 6.83. The zero-order chi connectivity index (χ0) is 14.3. The van der Waals surface area contributed by atoms with Gasteiger partial charge < -0.3 is 20.1 Å². The Hall–Kier alpha value is -1.46.